The maximum absolute atomic E-state index is 14.1. The van der Waals surface area contributed by atoms with Gasteiger partial charge in [0.15, 0.2) is 0 Å². The quantitative estimate of drug-likeness (QED) is 0.170. The van der Waals surface area contributed by atoms with E-state index in [4.69, 9.17) is 0 Å². The predicted octanol–water partition coefficient (Wildman–Crippen LogP) is 12.3. The minimum Gasteiger partial charge on any atom is -0.308 e. The number of fused-ring (bicyclic) bond motifs is 6. The molecule has 0 unspecified atom stereocenters. The Morgan fingerprint density at radius 1 is 0.407 bits per heavy atom. The zero-order valence-corrected chi connectivity index (χ0v) is 27.2. The van der Waals surface area contributed by atoms with Gasteiger partial charge in [0.1, 0.15) is 11.6 Å². The number of hydrogen-bond donors (Lipinski definition) is 0. The van der Waals surface area contributed by atoms with E-state index in [-0.39, 0.29) is 44.7 Å². The molecule has 0 amide bonds. The van der Waals surface area contributed by atoms with Gasteiger partial charge in [-0.2, -0.15) is 50.0 Å². The summed E-state index contributed by atoms with van der Waals surface area (Å²) in [6, 6.07) is 28.4. The highest BCUT2D eigenvalue weighted by Gasteiger charge is 2.34. The van der Waals surface area contributed by atoms with Crippen molar-refractivity contribution < 1.29 is 39.5 Å². The van der Waals surface area contributed by atoms with Gasteiger partial charge in [-0.05, 0) is 77.9 Å². The molecule has 0 aliphatic carbocycles. The van der Waals surface area contributed by atoms with Crippen LogP contribution in [0, 0.1) is 22.7 Å². The lowest BCUT2D eigenvalue weighted by Crippen LogP contribution is -2.08. The average Bonchev–Trinajstić information content (AvgIpc) is 3.65. The van der Waals surface area contributed by atoms with Crippen molar-refractivity contribution in [2.24, 2.45) is 0 Å². The van der Waals surface area contributed by atoms with Gasteiger partial charge >= 0.3 is 18.5 Å². The van der Waals surface area contributed by atoms with Gasteiger partial charge in [-0.3, -0.25) is 0 Å². The molecule has 6 aromatic carbocycles. The smallest absolute Gasteiger partial charge is 0.308 e. The third-order valence-electron chi connectivity index (χ3n) is 9.42. The van der Waals surface area contributed by atoms with Gasteiger partial charge in [0.05, 0.1) is 61.8 Å². The molecular formula is C41H19F9N4. The first kappa shape index (κ1) is 34.4. The Morgan fingerprint density at radius 2 is 0.833 bits per heavy atom. The second-order valence-corrected chi connectivity index (χ2v) is 12.6. The fraction of sp³-hybridized carbons (Fsp3) is 0.0732. The van der Waals surface area contributed by atoms with Crippen LogP contribution < -0.4 is 0 Å². The Balaban J connectivity index is 1.58. The number of benzene rings is 6. The van der Waals surface area contributed by atoms with Crippen molar-refractivity contribution >= 4 is 43.6 Å². The van der Waals surface area contributed by atoms with Gasteiger partial charge in [0.2, 0.25) is 0 Å². The summed E-state index contributed by atoms with van der Waals surface area (Å²) in [5.41, 5.74) is -3.31. The molecule has 0 aliphatic rings. The molecule has 0 bridgehead atoms. The monoisotopic (exact) mass is 738 g/mol. The predicted molar refractivity (Wildman–Crippen MR) is 185 cm³/mol. The molecule has 54 heavy (non-hydrogen) atoms. The zero-order chi connectivity index (χ0) is 38.3. The molecule has 8 rings (SSSR count). The fourth-order valence-corrected chi connectivity index (χ4v) is 7.08. The van der Waals surface area contributed by atoms with Crippen LogP contribution in [0.25, 0.3) is 66.1 Å². The van der Waals surface area contributed by atoms with Crippen molar-refractivity contribution in [2.45, 2.75) is 18.5 Å². The van der Waals surface area contributed by atoms with Crippen LogP contribution in [-0.2, 0) is 18.5 Å². The van der Waals surface area contributed by atoms with Crippen molar-refractivity contribution in [3.63, 3.8) is 0 Å². The van der Waals surface area contributed by atoms with Crippen molar-refractivity contribution in [1.82, 2.24) is 9.13 Å². The summed E-state index contributed by atoms with van der Waals surface area (Å²) in [7, 11) is 0. The summed E-state index contributed by atoms with van der Waals surface area (Å²) in [5.74, 6) is 0. The van der Waals surface area contributed by atoms with Crippen LogP contribution in [0.4, 0.5) is 39.5 Å². The summed E-state index contributed by atoms with van der Waals surface area (Å²) in [6.45, 7) is 0. The highest BCUT2D eigenvalue weighted by Crippen LogP contribution is 2.43. The molecule has 8 aromatic rings. The van der Waals surface area contributed by atoms with E-state index in [1.54, 1.807) is 54.6 Å². The molecule has 0 atom stereocenters. The third-order valence-corrected chi connectivity index (χ3v) is 9.42. The lowest BCUT2D eigenvalue weighted by Gasteiger charge is -2.19. The number of alkyl halides is 9. The van der Waals surface area contributed by atoms with Crippen molar-refractivity contribution in [1.29, 1.82) is 10.5 Å². The average molecular weight is 739 g/mol. The number of nitrogens with zero attached hydrogens (tertiary/aromatic N) is 4. The van der Waals surface area contributed by atoms with Crippen LogP contribution in [0.5, 0.6) is 0 Å². The van der Waals surface area contributed by atoms with Gasteiger partial charge in [-0.25, -0.2) is 0 Å². The summed E-state index contributed by atoms with van der Waals surface area (Å²) < 4.78 is 130. The molecule has 0 saturated carbocycles. The summed E-state index contributed by atoms with van der Waals surface area (Å²) in [5, 5.41) is 22.3. The number of aromatic nitrogens is 2. The second kappa shape index (κ2) is 11.9. The lowest BCUT2D eigenvalue weighted by molar-refractivity contribution is -0.138. The number of para-hydroxylation sites is 2. The van der Waals surface area contributed by atoms with E-state index in [1.807, 2.05) is 0 Å². The molecule has 0 radical (unpaired) electrons. The normalized spacial score (nSPS) is 12.5. The number of halogens is 9. The highest BCUT2D eigenvalue weighted by atomic mass is 19.4. The standard InChI is InChI=1S/C41H19F9N4/c42-39(43,44)25-9-11-30-28-5-1-3-7-33(28)53(37(30)18-25)35-16-24(23-13-22(20-51)14-27(15-23)41(48,49)50)17-36(32(35)21-52)54-34-8-4-2-6-29(34)31-12-10-26(19-38(31)54)40(45,46)47/h1-19H. The minimum atomic E-state index is -4.89. The SMILES string of the molecule is N#Cc1cc(-c2cc(-n3c4ccccc4c4ccc(C(F)(F)F)cc43)c(C#N)c(-n3c4ccccc4c4ccc(C(F)(F)F)cc43)c2)cc(C(F)(F)F)c1. The first-order valence-corrected chi connectivity index (χ1v) is 16.0. The molecule has 0 fully saturated rings. The Kier molecular flexibility index (Phi) is 7.57. The number of rotatable bonds is 3. The van der Waals surface area contributed by atoms with E-state index < -0.39 is 35.2 Å². The minimum absolute atomic E-state index is 0.00239. The number of nitriles is 2. The van der Waals surface area contributed by atoms with Gasteiger partial charge < -0.3 is 9.13 Å². The number of hydrogen-bond acceptors (Lipinski definition) is 2. The van der Waals surface area contributed by atoms with E-state index in [0.717, 1.165) is 30.3 Å². The maximum Gasteiger partial charge on any atom is 0.416 e. The van der Waals surface area contributed by atoms with E-state index in [0.29, 0.717) is 38.6 Å². The third kappa shape index (κ3) is 5.48. The Hall–Kier alpha value is -6.73. The van der Waals surface area contributed by atoms with Crippen molar-refractivity contribution in [3.05, 3.63) is 143 Å². The van der Waals surface area contributed by atoms with Crippen molar-refractivity contribution in [3.8, 4) is 34.6 Å². The van der Waals surface area contributed by atoms with E-state index >= 15 is 0 Å². The molecule has 0 spiro atoms. The molecule has 4 nitrogen and oxygen atoms in total. The van der Waals surface area contributed by atoms with Crippen molar-refractivity contribution in [2.75, 3.05) is 0 Å². The molecule has 2 heterocycles. The molecule has 266 valence electrons. The van der Waals surface area contributed by atoms with Gasteiger partial charge in [0.25, 0.3) is 0 Å². The summed E-state index contributed by atoms with van der Waals surface area (Å²) >= 11 is 0. The Labute approximate surface area is 298 Å². The fourth-order valence-electron chi connectivity index (χ4n) is 7.08. The second-order valence-electron chi connectivity index (χ2n) is 12.6. The molecule has 0 N–H and O–H groups in total. The zero-order valence-electron chi connectivity index (χ0n) is 27.2. The van der Waals surface area contributed by atoms with Gasteiger partial charge in [-0.15, -0.1) is 0 Å². The lowest BCUT2D eigenvalue weighted by atomic mass is 9.96. The Morgan fingerprint density at radius 3 is 1.26 bits per heavy atom. The molecule has 0 saturated heterocycles. The van der Waals surface area contributed by atoms with Gasteiger partial charge in [0, 0.05) is 21.5 Å². The maximum atomic E-state index is 14.1. The van der Waals surface area contributed by atoms with Crippen LogP contribution >= 0.6 is 0 Å². The van der Waals surface area contributed by atoms with E-state index in [1.165, 1.54) is 39.5 Å². The van der Waals surface area contributed by atoms with E-state index in [2.05, 4.69) is 6.07 Å². The first-order chi connectivity index (χ1) is 25.6. The molecular weight excluding hydrogens is 719 g/mol. The highest BCUT2D eigenvalue weighted by molar-refractivity contribution is 6.11. The molecule has 13 heteroatoms. The van der Waals surface area contributed by atoms with Gasteiger partial charge in [-0.1, -0.05) is 48.5 Å². The summed E-state index contributed by atoms with van der Waals surface area (Å²) in [6.07, 6.45) is -14.4. The van der Waals surface area contributed by atoms with Crippen LogP contribution in [-0.4, -0.2) is 9.13 Å². The topological polar surface area (TPSA) is 57.4 Å². The van der Waals surface area contributed by atoms with Crippen LogP contribution in [0.2, 0.25) is 0 Å². The van der Waals surface area contributed by atoms with Crippen LogP contribution in [0.15, 0.2) is 115 Å². The van der Waals surface area contributed by atoms with E-state index in [9.17, 15) is 50.0 Å². The Bertz CT molecular complexity index is 2780. The molecule has 2 aromatic heterocycles. The molecule has 0 aliphatic heterocycles. The largest absolute Gasteiger partial charge is 0.416 e. The van der Waals surface area contributed by atoms with Crippen LogP contribution in [0.1, 0.15) is 27.8 Å². The first-order valence-electron chi connectivity index (χ1n) is 16.0. The van der Waals surface area contributed by atoms with Crippen LogP contribution in [0.3, 0.4) is 0 Å². The summed E-state index contributed by atoms with van der Waals surface area (Å²) in [4.78, 5) is 0.